The Bertz CT molecular complexity index is 1780. The zero-order chi connectivity index (χ0) is 38.6. The average Bonchev–Trinajstić information content (AvgIpc) is 3.15. The average molecular weight is 723 g/mol. The fourth-order valence-corrected chi connectivity index (χ4v) is 5.85. The van der Waals surface area contributed by atoms with Gasteiger partial charge in [-0.05, 0) is 59.1 Å². The van der Waals surface area contributed by atoms with Crippen molar-refractivity contribution in [3.8, 4) is 22.3 Å². The van der Waals surface area contributed by atoms with Gasteiger partial charge in [-0.3, -0.25) is 28.8 Å². The lowest BCUT2D eigenvalue weighted by atomic mass is 9.89. The summed E-state index contributed by atoms with van der Waals surface area (Å²) < 4.78 is 4.56. The van der Waals surface area contributed by atoms with Gasteiger partial charge in [0.25, 0.3) is 0 Å². The lowest BCUT2D eigenvalue weighted by molar-refractivity contribution is -0.142. The zero-order valence-corrected chi connectivity index (χ0v) is 29.8. The van der Waals surface area contributed by atoms with Crippen LogP contribution in [0.3, 0.4) is 0 Å². The van der Waals surface area contributed by atoms with E-state index >= 15 is 0 Å². The predicted octanol–water partition coefficient (Wildman–Crippen LogP) is 7.71. The van der Waals surface area contributed by atoms with Gasteiger partial charge in [-0.15, -0.1) is 0 Å². The molecule has 0 aromatic heterocycles. The number of aliphatic carboxylic acids is 3. The van der Waals surface area contributed by atoms with Gasteiger partial charge in [-0.1, -0.05) is 109 Å². The van der Waals surface area contributed by atoms with Crippen molar-refractivity contribution in [1.29, 1.82) is 0 Å². The zero-order valence-electron chi connectivity index (χ0n) is 29.8. The van der Waals surface area contributed by atoms with Crippen LogP contribution in [0.15, 0.2) is 109 Å². The molecule has 0 unspecified atom stereocenters. The Balaban J connectivity index is 0.000000286. The number of esters is 1. The van der Waals surface area contributed by atoms with Gasteiger partial charge in [0.05, 0.1) is 20.0 Å². The molecule has 3 N–H and O–H groups in total. The minimum absolute atomic E-state index is 0.0860. The molecule has 0 heterocycles. The van der Waals surface area contributed by atoms with Crippen molar-refractivity contribution in [2.75, 3.05) is 7.11 Å². The van der Waals surface area contributed by atoms with Crippen LogP contribution in [-0.2, 0) is 46.3 Å². The van der Waals surface area contributed by atoms with E-state index in [0.29, 0.717) is 19.3 Å². The first-order valence-electron chi connectivity index (χ1n) is 17.5. The summed E-state index contributed by atoms with van der Waals surface area (Å²) in [6.45, 7) is 0. The largest absolute Gasteiger partial charge is 0.481 e. The molecule has 4 aromatic rings. The first-order valence-corrected chi connectivity index (χ1v) is 17.5. The van der Waals surface area contributed by atoms with E-state index in [9.17, 15) is 28.8 Å². The Morgan fingerprint density at radius 1 is 0.472 bits per heavy atom. The smallest absolute Gasteiger partial charge is 0.305 e. The third-order valence-electron chi connectivity index (χ3n) is 8.68. The summed E-state index contributed by atoms with van der Waals surface area (Å²) in [6, 6.07) is 35.4. The second-order valence-corrected chi connectivity index (χ2v) is 12.7. The maximum Gasteiger partial charge on any atom is 0.305 e. The molecule has 0 aliphatic rings. The van der Waals surface area contributed by atoms with Crippen molar-refractivity contribution in [3.05, 3.63) is 120 Å². The van der Waals surface area contributed by atoms with Crippen LogP contribution >= 0.6 is 0 Å². The summed E-state index contributed by atoms with van der Waals surface area (Å²) in [4.78, 5) is 68.7. The fraction of sp³-hybridized carbons (Fsp3) is 0.302. The summed E-state index contributed by atoms with van der Waals surface area (Å²) in [5.41, 5.74) is 6.12. The van der Waals surface area contributed by atoms with Gasteiger partial charge in [-0.25, -0.2) is 0 Å². The van der Waals surface area contributed by atoms with Crippen LogP contribution in [0, 0.1) is 11.8 Å². The van der Waals surface area contributed by atoms with Crippen LogP contribution in [0.2, 0.25) is 0 Å². The second kappa shape index (κ2) is 22.1. The maximum atomic E-state index is 12.4. The van der Waals surface area contributed by atoms with Crippen molar-refractivity contribution < 1.29 is 48.8 Å². The maximum absolute atomic E-state index is 12.4. The number of carboxylic acid groups (broad SMARTS) is 3. The molecule has 0 saturated heterocycles. The van der Waals surface area contributed by atoms with Crippen molar-refractivity contribution >= 4 is 35.4 Å². The molecule has 278 valence electrons. The SMILES string of the molecule is COC(=O)CCCC(=O)[C@@H](CC(=O)O)Cc1ccc(-c2ccccc2)cc1.O=C(O)CCCC(=O)[C@@H](CC(=O)O)Cc1ccc(-c2ccccc2)cc1. The molecule has 0 amide bonds. The van der Waals surface area contributed by atoms with Crippen molar-refractivity contribution in [2.45, 2.75) is 64.2 Å². The Hall–Kier alpha value is -5.90. The van der Waals surface area contributed by atoms with E-state index in [0.717, 1.165) is 33.4 Å². The summed E-state index contributed by atoms with van der Waals surface area (Å²) in [6.07, 6.45) is 1.20. The van der Waals surface area contributed by atoms with Gasteiger partial charge in [0.15, 0.2) is 0 Å². The number of hydrogen-bond donors (Lipinski definition) is 3. The molecule has 0 aliphatic carbocycles. The number of Topliss-reactive ketones (excluding diaryl/α,β-unsaturated/α-hetero) is 2. The van der Waals surface area contributed by atoms with Gasteiger partial charge < -0.3 is 20.1 Å². The molecule has 0 bridgehead atoms. The summed E-state index contributed by atoms with van der Waals surface area (Å²) in [5.74, 6) is -4.90. The van der Waals surface area contributed by atoms with Crippen LogP contribution < -0.4 is 0 Å². The predicted molar refractivity (Wildman–Crippen MR) is 200 cm³/mol. The Morgan fingerprint density at radius 3 is 1.17 bits per heavy atom. The van der Waals surface area contributed by atoms with Gasteiger partial charge >= 0.3 is 23.9 Å². The molecule has 0 saturated carbocycles. The van der Waals surface area contributed by atoms with Gasteiger partial charge in [-0.2, -0.15) is 0 Å². The third kappa shape index (κ3) is 15.5. The highest BCUT2D eigenvalue weighted by Gasteiger charge is 2.23. The highest BCUT2D eigenvalue weighted by atomic mass is 16.5. The summed E-state index contributed by atoms with van der Waals surface area (Å²) in [5, 5.41) is 26.9. The molecule has 10 nitrogen and oxygen atoms in total. The second-order valence-electron chi connectivity index (χ2n) is 12.7. The highest BCUT2D eigenvalue weighted by molar-refractivity contribution is 5.86. The molecule has 0 fully saturated rings. The number of methoxy groups -OCH3 is 1. The van der Waals surface area contributed by atoms with Crippen molar-refractivity contribution in [3.63, 3.8) is 0 Å². The van der Waals surface area contributed by atoms with Crippen LogP contribution in [0.25, 0.3) is 22.3 Å². The number of carbonyl (C=O) groups excluding carboxylic acids is 3. The standard InChI is InChI=1S/C22H24O5.C21H22O5/c1-27-22(26)9-5-8-20(23)19(15-21(24)25)14-16-10-12-18(13-11-16)17-6-3-2-4-7-17;22-19(7-4-8-20(23)24)18(14-21(25)26)13-15-9-11-17(12-10-15)16-5-2-1-3-6-16/h2-4,6-7,10-13,19H,5,8-9,14-15H2,1H3,(H,24,25);1-3,5-6,9-12,18H,4,7-8,13-14H2,(H,23,24)(H,25,26)/t19-;18-/m11/s1. The fourth-order valence-electron chi connectivity index (χ4n) is 5.85. The van der Waals surface area contributed by atoms with E-state index in [1.54, 1.807) is 0 Å². The normalized spacial score (nSPS) is 11.6. The Labute approximate surface area is 309 Å². The van der Waals surface area contributed by atoms with E-state index in [1.807, 2.05) is 109 Å². The summed E-state index contributed by atoms with van der Waals surface area (Å²) >= 11 is 0. The topological polar surface area (TPSA) is 172 Å². The molecule has 4 aromatic carbocycles. The molecule has 4 rings (SSSR count). The Kier molecular flexibility index (Phi) is 17.3. The van der Waals surface area contributed by atoms with E-state index in [1.165, 1.54) is 7.11 Å². The molecule has 53 heavy (non-hydrogen) atoms. The molecule has 2 atom stereocenters. The van der Waals surface area contributed by atoms with Crippen LogP contribution in [0.1, 0.15) is 62.5 Å². The Morgan fingerprint density at radius 2 is 0.830 bits per heavy atom. The van der Waals surface area contributed by atoms with E-state index in [4.69, 9.17) is 15.3 Å². The monoisotopic (exact) mass is 722 g/mol. The van der Waals surface area contributed by atoms with Gasteiger partial charge in [0, 0.05) is 37.5 Å². The lowest BCUT2D eigenvalue weighted by Crippen LogP contribution is -2.21. The third-order valence-corrected chi connectivity index (χ3v) is 8.68. The lowest BCUT2D eigenvalue weighted by Gasteiger charge is -2.14. The molecule has 0 radical (unpaired) electrons. The number of ether oxygens (including phenoxy) is 1. The number of rotatable bonds is 20. The molecule has 0 spiro atoms. The van der Waals surface area contributed by atoms with Crippen LogP contribution in [0.5, 0.6) is 0 Å². The van der Waals surface area contributed by atoms with E-state index < -0.39 is 29.7 Å². The first-order chi connectivity index (χ1) is 25.4. The quantitative estimate of drug-likeness (QED) is 0.0767. The van der Waals surface area contributed by atoms with E-state index in [-0.39, 0.29) is 62.5 Å². The van der Waals surface area contributed by atoms with Crippen molar-refractivity contribution in [1.82, 2.24) is 0 Å². The van der Waals surface area contributed by atoms with Gasteiger partial charge in [0.1, 0.15) is 11.6 Å². The molecule has 10 heteroatoms. The number of ketones is 2. The van der Waals surface area contributed by atoms with Crippen LogP contribution in [0.4, 0.5) is 0 Å². The van der Waals surface area contributed by atoms with E-state index in [2.05, 4.69) is 4.74 Å². The molecular formula is C43H46O10. The summed E-state index contributed by atoms with van der Waals surface area (Å²) in [7, 11) is 1.30. The number of carbonyl (C=O) groups is 6. The number of hydrogen-bond acceptors (Lipinski definition) is 7. The minimum Gasteiger partial charge on any atom is -0.481 e. The van der Waals surface area contributed by atoms with Gasteiger partial charge in [0.2, 0.25) is 0 Å². The number of carboxylic acids is 3. The van der Waals surface area contributed by atoms with Crippen molar-refractivity contribution in [2.24, 2.45) is 11.8 Å². The van der Waals surface area contributed by atoms with Crippen LogP contribution in [-0.4, -0.2) is 57.9 Å². The minimum atomic E-state index is -1.03. The first kappa shape index (κ1) is 41.5. The number of benzene rings is 4. The molecule has 0 aliphatic heterocycles. The highest BCUT2D eigenvalue weighted by Crippen LogP contribution is 2.24. The molecular weight excluding hydrogens is 676 g/mol.